The molecular weight excluding hydrogens is 757 g/mol. The summed E-state index contributed by atoms with van der Waals surface area (Å²) in [6.45, 7) is 6.35. The Morgan fingerprint density at radius 1 is 0.361 bits per heavy atom. The molecule has 0 aromatic carbocycles. The van der Waals surface area contributed by atoms with E-state index in [1.807, 2.05) is 36.5 Å². The van der Waals surface area contributed by atoms with Crippen molar-refractivity contribution in [3.63, 3.8) is 0 Å². The maximum Gasteiger partial charge on any atom is 0.306 e. The van der Waals surface area contributed by atoms with Crippen LogP contribution in [0, 0.1) is 0 Å². The van der Waals surface area contributed by atoms with E-state index >= 15 is 0 Å². The molecule has 6 heteroatoms. The van der Waals surface area contributed by atoms with E-state index in [1.54, 1.807) is 0 Å². The van der Waals surface area contributed by atoms with Gasteiger partial charge in [-0.05, 0) is 89.9 Å². The summed E-state index contributed by atoms with van der Waals surface area (Å²) in [5.74, 6) is -0.980. The molecule has 0 rings (SSSR count). The van der Waals surface area contributed by atoms with Gasteiger partial charge in [0.15, 0.2) is 6.10 Å². The molecule has 0 aliphatic rings. The van der Waals surface area contributed by atoms with Crippen LogP contribution in [0.5, 0.6) is 0 Å². The third-order valence-corrected chi connectivity index (χ3v) is 10.2. The Morgan fingerprint density at radius 3 is 1.25 bits per heavy atom. The number of hydrogen-bond donors (Lipinski definition) is 0. The van der Waals surface area contributed by atoms with E-state index in [4.69, 9.17) is 14.2 Å². The molecule has 0 aromatic heterocycles. The van der Waals surface area contributed by atoms with Crippen LogP contribution in [-0.4, -0.2) is 37.2 Å². The van der Waals surface area contributed by atoms with Crippen molar-refractivity contribution in [1.82, 2.24) is 0 Å². The average Bonchev–Trinajstić information content (AvgIpc) is 3.26. The first-order valence-corrected chi connectivity index (χ1v) is 24.8. The van der Waals surface area contributed by atoms with Crippen molar-refractivity contribution in [3.8, 4) is 0 Å². The lowest BCUT2D eigenvalue weighted by Crippen LogP contribution is -2.30. The van der Waals surface area contributed by atoms with Crippen LogP contribution in [0.25, 0.3) is 0 Å². The summed E-state index contributed by atoms with van der Waals surface area (Å²) in [5, 5.41) is 0. The zero-order valence-electron chi connectivity index (χ0n) is 39.4. The second-order valence-electron chi connectivity index (χ2n) is 16.1. The van der Waals surface area contributed by atoms with Crippen LogP contribution < -0.4 is 0 Å². The monoisotopic (exact) mass is 847 g/mol. The summed E-state index contributed by atoms with van der Waals surface area (Å²) in [4.78, 5) is 37.8. The Labute approximate surface area is 375 Å². The minimum absolute atomic E-state index is 0.106. The van der Waals surface area contributed by atoms with Crippen LogP contribution in [0.3, 0.4) is 0 Å². The lowest BCUT2D eigenvalue weighted by molar-refractivity contribution is -0.167. The number of carbonyl (C=O) groups is 3. The Kier molecular flexibility index (Phi) is 46.0. The molecule has 1 atom stereocenters. The molecule has 0 spiro atoms. The molecule has 0 N–H and O–H groups in total. The molecule has 0 heterocycles. The van der Waals surface area contributed by atoms with E-state index in [9.17, 15) is 14.4 Å². The molecule has 0 saturated heterocycles. The third-order valence-electron chi connectivity index (χ3n) is 10.2. The van der Waals surface area contributed by atoms with Gasteiger partial charge in [-0.15, -0.1) is 0 Å². The summed E-state index contributed by atoms with van der Waals surface area (Å²) in [6, 6.07) is 0. The zero-order valence-corrected chi connectivity index (χ0v) is 39.4. The van der Waals surface area contributed by atoms with Gasteiger partial charge in [0.25, 0.3) is 0 Å². The number of rotatable bonds is 43. The number of unbranched alkanes of at least 4 members (excludes halogenated alkanes) is 20. The van der Waals surface area contributed by atoms with E-state index in [0.717, 1.165) is 109 Å². The van der Waals surface area contributed by atoms with Crippen LogP contribution in [0.1, 0.15) is 213 Å². The number of carbonyl (C=O) groups excluding carboxylic acids is 3. The normalized spacial score (nSPS) is 12.9. The van der Waals surface area contributed by atoms with Gasteiger partial charge in [0.2, 0.25) is 0 Å². The maximum absolute atomic E-state index is 12.8. The molecule has 346 valence electrons. The molecule has 61 heavy (non-hydrogen) atoms. The van der Waals surface area contributed by atoms with E-state index < -0.39 is 6.10 Å². The zero-order chi connectivity index (χ0) is 44.4. The summed E-state index contributed by atoms with van der Waals surface area (Å²) >= 11 is 0. The quantitative estimate of drug-likeness (QED) is 0.0200. The van der Waals surface area contributed by atoms with Gasteiger partial charge in [0, 0.05) is 19.3 Å². The van der Waals surface area contributed by atoms with Crippen LogP contribution in [0.4, 0.5) is 0 Å². The van der Waals surface area contributed by atoms with Gasteiger partial charge < -0.3 is 14.2 Å². The highest BCUT2D eigenvalue weighted by Gasteiger charge is 2.19. The third kappa shape index (κ3) is 47.2. The largest absolute Gasteiger partial charge is 0.462 e. The van der Waals surface area contributed by atoms with E-state index in [1.165, 1.54) is 64.2 Å². The van der Waals surface area contributed by atoms with Crippen molar-refractivity contribution in [2.24, 2.45) is 0 Å². The molecule has 0 saturated carbocycles. The number of esters is 3. The fraction of sp³-hybridized carbons (Fsp3) is 0.655. The number of ether oxygens (including phenoxy) is 3. The van der Waals surface area contributed by atoms with E-state index in [2.05, 4.69) is 81.5 Å². The Balaban J connectivity index is 4.44. The number of hydrogen-bond acceptors (Lipinski definition) is 6. The van der Waals surface area contributed by atoms with Gasteiger partial charge in [-0.3, -0.25) is 14.4 Å². The van der Waals surface area contributed by atoms with Crippen LogP contribution >= 0.6 is 0 Å². The van der Waals surface area contributed by atoms with Gasteiger partial charge in [-0.25, -0.2) is 0 Å². The first-order valence-electron chi connectivity index (χ1n) is 24.8. The predicted octanol–water partition coefficient (Wildman–Crippen LogP) is 16.2. The van der Waals surface area contributed by atoms with E-state index in [-0.39, 0.29) is 31.1 Å². The highest BCUT2D eigenvalue weighted by molar-refractivity contribution is 5.71. The molecule has 1 unspecified atom stereocenters. The highest BCUT2D eigenvalue weighted by atomic mass is 16.6. The second-order valence-corrected chi connectivity index (χ2v) is 16.1. The van der Waals surface area contributed by atoms with Gasteiger partial charge >= 0.3 is 17.9 Å². The first-order chi connectivity index (χ1) is 30.0. The van der Waals surface area contributed by atoms with Crippen LogP contribution in [0.15, 0.2) is 97.2 Å². The summed E-state index contributed by atoms with van der Waals surface area (Å²) in [7, 11) is 0. The first kappa shape index (κ1) is 57.3. The maximum atomic E-state index is 12.8. The van der Waals surface area contributed by atoms with Crippen molar-refractivity contribution in [1.29, 1.82) is 0 Å². The molecule has 0 bridgehead atoms. The van der Waals surface area contributed by atoms with Crippen LogP contribution in [0.2, 0.25) is 0 Å². The lowest BCUT2D eigenvalue weighted by Gasteiger charge is -2.18. The molecule has 0 fully saturated rings. The Hall–Kier alpha value is -3.67. The molecular formula is C55H90O6. The van der Waals surface area contributed by atoms with Crippen molar-refractivity contribution >= 4 is 17.9 Å². The minimum Gasteiger partial charge on any atom is -0.462 e. The molecule has 6 nitrogen and oxygen atoms in total. The van der Waals surface area contributed by atoms with Crippen molar-refractivity contribution < 1.29 is 28.6 Å². The second kappa shape index (κ2) is 49.0. The van der Waals surface area contributed by atoms with Gasteiger partial charge in [-0.2, -0.15) is 0 Å². The standard InChI is InChI=1S/C55H90O6/c1-4-7-10-13-16-19-21-23-25-27-28-30-31-33-36-39-42-45-48-54(57)60-51-52(50-59-53(56)47-44-41-38-35-18-15-12-9-6-3)61-55(58)49-46-43-40-37-34-32-29-26-24-22-20-17-14-11-8-5-2/h9-10,12-13,16,18-19,21,23,25-30,35,52H,4-8,11,14-15,17,20,22,24,31-34,36-51H2,1-3H3/b12-9-,13-10-,19-16-,23-21-,27-25-,29-26-,30-28-,35-18-. The topological polar surface area (TPSA) is 78.9 Å². The predicted molar refractivity (Wildman–Crippen MR) is 260 cm³/mol. The van der Waals surface area contributed by atoms with Gasteiger partial charge in [-0.1, -0.05) is 201 Å². The Bertz CT molecular complexity index is 1250. The van der Waals surface area contributed by atoms with Crippen LogP contribution in [-0.2, 0) is 28.6 Å². The fourth-order valence-corrected chi connectivity index (χ4v) is 6.44. The smallest absolute Gasteiger partial charge is 0.306 e. The fourth-order valence-electron chi connectivity index (χ4n) is 6.44. The van der Waals surface area contributed by atoms with Crippen molar-refractivity contribution in [3.05, 3.63) is 97.2 Å². The highest BCUT2D eigenvalue weighted by Crippen LogP contribution is 2.13. The van der Waals surface area contributed by atoms with Crippen molar-refractivity contribution in [2.45, 2.75) is 219 Å². The van der Waals surface area contributed by atoms with Crippen molar-refractivity contribution in [2.75, 3.05) is 13.2 Å². The molecule has 0 aromatic rings. The summed E-state index contributed by atoms with van der Waals surface area (Å²) in [6.07, 6.45) is 64.0. The lowest BCUT2D eigenvalue weighted by atomic mass is 10.1. The SMILES string of the molecule is CC/C=C\C/C=C\CCCCC(=O)OCC(COC(=O)CCCCCCC\C=C/C=C\C=C/C=C\C=C/CCC)OC(=O)CCCCCCC/C=C\CCCCCCCCC. The van der Waals surface area contributed by atoms with Gasteiger partial charge in [0.1, 0.15) is 13.2 Å². The molecule has 0 aliphatic heterocycles. The van der Waals surface area contributed by atoms with E-state index in [0.29, 0.717) is 19.3 Å². The Morgan fingerprint density at radius 2 is 0.738 bits per heavy atom. The summed E-state index contributed by atoms with van der Waals surface area (Å²) < 4.78 is 16.7. The molecule has 0 amide bonds. The minimum atomic E-state index is -0.805. The number of allylic oxidation sites excluding steroid dienone is 16. The average molecular weight is 847 g/mol. The van der Waals surface area contributed by atoms with Gasteiger partial charge in [0.05, 0.1) is 0 Å². The molecule has 0 aliphatic carbocycles. The summed E-state index contributed by atoms with van der Waals surface area (Å²) in [5.41, 5.74) is 0. The molecule has 0 radical (unpaired) electrons.